The van der Waals surface area contributed by atoms with E-state index in [1.54, 1.807) is 48.5 Å². The number of amides is 1. The predicted molar refractivity (Wildman–Crippen MR) is 80.6 cm³/mol. The van der Waals surface area contributed by atoms with Gasteiger partial charge in [0.1, 0.15) is 0 Å². The number of primary amides is 1. The van der Waals surface area contributed by atoms with Crippen LogP contribution >= 0.6 is 0 Å². The van der Waals surface area contributed by atoms with Gasteiger partial charge in [0.2, 0.25) is 14.9 Å². The van der Waals surface area contributed by atoms with Gasteiger partial charge in [-0.25, -0.2) is 13.2 Å². The van der Waals surface area contributed by atoms with Gasteiger partial charge in [0.25, 0.3) is 0 Å². The monoisotopic (exact) mass is 322 g/mol. The fourth-order valence-corrected chi connectivity index (χ4v) is 2.85. The molecule has 0 unspecified atom stereocenters. The summed E-state index contributed by atoms with van der Waals surface area (Å²) in [6.07, 6.45) is -1.33. The third-order valence-electron chi connectivity index (χ3n) is 2.42. The van der Waals surface area contributed by atoms with Gasteiger partial charge in [-0.15, -0.1) is 0 Å². The minimum Gasteiger partial charge on any atom is -0.465 e. The minimum atomic E-state index is -3.80. The van der Waals surface area contributed by atoms with Crippen molar-refractivity contribution in [3.8, 4) is 0 Å². The Labute approximate surface area is 127 Å². The molecular formula is C14H14N2O5S. The maximum absolute atomic E-state index is 12.3. The summed E-state index contributed by atoms with van der Waals surface area (Å²) in [7, 11) is -3.80. The Hall–Kier alpha value is -2.87. The zero-order valence-electron chi connectivity index (χ0n) is 11.3. The molecule has 8 heteroatoms. The largest absolute Gasteiger partial charge is 0.465 e. The van der Waals surface area contributed by atoms with Gasteiger partial charge in [-0.3, -0.25) is 0 Å². The molecule has 0 aliphatic rings. The van der Waals surface area contributed by atoms with Crippen molar-refractivity contribution in [2.24, 2.45) is 10.9 Å². The van der Waals surface area contributed by atoms with Gasteiger partial charge in [-0.05, 0) is 12.1 Å². The normalized spacial score (nSPS) is 11.2. The summed E-state index contributed by atoms with van der Waals surface area (Å²) >= 11 is 0. The molecule has 0 saturated heterocycles. The SMILES string of the molecule is NC(=O)O.O=S(=O)(C(=NO)c1ccccc1)c1ccccc1. The molecule has 0 fully saturated rings. The number of hydrogen-bond acceptors (Lipinski definition) is 5. The molecule has 116 valence electrons. The van der Waals surface area contributed by atoms with Crippen LogP contribution in [0.15, 0.2) is 70.7 Å². The lowest BCUT2D eigenvalue weighted by atomic mass is 10.2. The summed E-state index contributed by atoms with van der Waals surface area (Å²) in [6, 6.07) is 16.2. The zero-order valence-corrected chi connectivity index (χ0v) is 12.1. The summed E-state index contributed by atoms with van der Waals surface area (Å²) in [5, 5.41) is 18.8. The van der Waals surface area contributed by atoms with Crippen molar-refractivity contribution >= 4 is 21.0 Å². The quantitative estimate of drug-likeness (QED) is 0.336. The minimum absolute atomic E-state index is 0.0988. The highest BCUT2D eigenvalue weighted by atomic mass is 32.2. The number of oxime groups is 1. The van der Waals surface area contributed by atoms with Gasteiger partial charge < -0.3 is 16.0 Å². The van der Waals surface area contributed by atoms with E-state index in [9.17, 15) is 8.42 Å². The van der Waals surface area contributed by atoms with Crippen LogP contribution in [0.3, 0.4) is 0 Å². The number of benzene rings is 2. The summed E-state index contributed by atoms with van der Waals surface area (Å²) in [4.78, 5) is 8.88. The van der Waals surface area contributed by atoms with Gasteiger partial charge in [0, 0.05) is 5.56 Å². The van der Waals surface area contributed by atoms with Crippen molar-refractivity contribution in [2.75, 3.05) is 0 Å². The predicted octanol–water partition coefficient (Wildman–Crippen LogP) is 1.92. The van der Waals surface area contributed by atoms with Crippen LogP contribution in [-0.2, 0) is 9.84 Å². The van der Waals surface area contributed by atoms with Crippen LogP contribution in [0.25, 0.3) is 0 Å². The first-order chi connectivity index (χ1) is 10.4. The first-order valence-corrected chi connectivity index (χ1v) is 7.44. The van der Waals surface area contributed by atoms with Crippen LogP contribution in [0, 0.1) is 0 Å². The molecule has 4 N–H and O–H groups in total. The molecule has 0 saturated carbocycles. The molecular weight excluding hydrogens is 308 g/mol. The summed E-state index contributed by atoms with van der Waals surface area (Å²) in [5.41, 5.74) is 4.38. The summed E-state index contributed by atoms with van der Waals surface area (Å²) in [6.45, 7) is 0. The van der Waals surface area contributed by atoms with Crippen molar-refractivity contribution < 1.29 is 23.5 Å². The number of hydrogen-bond donors (Lipinski definition) is 3. The van der Waals surface area contributed by atoms with Crippen LogP contribution in [0.1, 0.15) is 5.56 Å². The van der Waals surface area contributed by atoms with Crippen molar-refractivity contribution in [3.63, 3.8) is 0 Å². The van der Waals surface area contributed by atoms with Crippen LogP contribution in [0.2, 0.25) is 0 Å². The molecule has 2 rings (SSSR count). The topological polar surface area (TPSA) is 130 Å². The van der Waals surface area contributed by atoms with E-state index < -0.39 is 15.9 Å². The molecule has 22 heavy (non-hydrogen) atoms. The molecule has 0 aliphatic carbocycles. The Morgan fingerprint density at radius 2 is 1.36 bits per heavy atom. The first kappa shape index (κ1) is 17.2. The Kier molecular flexibility index (Phi) is 6.09. The molecule has 0 heterocycles. The molecule has 0 bridgehead atoms. The maximum Gasteiger partial charge on any atom is 0.402 e. The number of sulfone groups is 1. The number of nitrogens with two attached hydrogens (primary N) is 1. The molecule has 0 aliphatic heterocycles. The van der Waals surface area contributed by atoms with Crippen LogP contribution in [0.5, 0.6) is 0 Å². The molecule has 7 nitrogen and oxygen atoms in total. The highest BCUT2D eigenvalue weighted by molar-refractivity contribution is 8.07. The van der Waals surface area contributed by atoms with Crippen LogP contribution in [-0.4, -0.2) is 29.9 Å². The number of rotatable bonds is 2. The fraction of sp³-hybridized carbons (Fsp3) is 0. The highest BCUT2D eigenvalue weighted by Crippen LogP contribution is 2.16. The maximum atomic E-state index is 12.3. The zero-order chi connectivity index (χ0) is 16.6. The van der Waals surface area contributed by atoms with E-state index in [2.05, 4.69) is 10.9 Å². The van der Waals surface area contributed by atoms with Gasteiger partial charge in [-0.1, -0.05) is 53.7 Å². The van der Waals surface area contributed by atoms with Gasteiger partial charge in [0.05, 0.1) is 4.90 Å². The van der Waals surface area contributed by atoms with E-state index in [1.807, 2.05) is 0 Å². The first-order valence-electron chi connectivity index (χ1n) is 5.95. The smallest absolute Gasteiger partial charge is 0.402 e. The second-order valence-electron chi connectivity index (χ2n) is 3.93. The van der Waals surface area contributed by atoms with Gasteiger partial charge in [0.15, 0.2) is 0 Å². The van der Waals surface area contributed by atoms with Crippen molar-refractivity contribution in [1.82, 2.24) is 0 Å². The van der Waals surface area contributed by atoms with E-state index in [0.717, 1.165) is 0 Å². The molecule has 0 spiro atoms. The van der Waals surface area contributed by atoms with E-state index >= 15 is 0 Å². The van der Waals surface area contributed by atoms with Crippen LogP contribution in [0.4, 0.5) is 4.79 Å². The fourth-order valence-electron chi connectivity index (χ4n) is 1.56. The molecule has 0 atom stereocenters. The molecule has 2 aromatic rings. The van der Waals surface area contributed by atoms with Crippen molar-refractivity contribution in [2.45, 2.75) is 4.90 Å². The Balaban J connectivity index is 0.000000541. The molecule has 0 aromatic heterocycles. The lowest BCUT2D eigenvalue weighted by Crippen LogP contribution is -2.16. The second-order valence-corrected chi connectivity index (χ2v) is 5.79. The lowest BCUT2D eigenvalue weighted by molar-refractivity contribution is 0.205. The number of carbonyl (C=O) groups is 1. The molecule has 2 aromatic carbocycles. The summed E-state index contributed by atoms with van der Waals surface area (Å²) in [5.74, 6) is 0. The van der Waals surface area contributed by atoms with E-state index in [0.29, 0.717) is 5.56 Å². The number of carboxylic acid groups (broad SMARTS) is 1. The summed E-state index contributed by atoms with van der Waals surface area (Å²) < 4.78 is 24.5. The standard InChI is InChI=1S/C13H11NO3S.CH3NO2/c15-14-13(11-7-3-1-4-8-11)18(16,17)12-9-5-2-6-10-12;2-1(3)4/h1-10,15H;2H2,(H,3,4). The van der Waals surface area contributed by atoms with Crippen molar-refractivity contribution in [1.29, 1.82) is 0 Å². The Morgan fingerprint density at radius 1 is 0.955 bits per heavy atom. The average Bonchev–Trinajstić information content (AvgIpc) is 2.49. The number of nitrogens with zero attached hydrogens (tertiary/aromatic N) is 1. The third kappa shape index (κ3) is 4.60. The third-order valence-corrected chi connectivity index (χ3v) is 4.14. The van der Waals surface area contributed by atoms with Gasteiger partial charge >= 0.3 is 6.09 Å². The second kappa shape index (κ2) is 7.79. The van der Waals surface area contributed by atoms with E-state index in [-0.39, 0.29) is 9.94 Å². The lowest BCUT2D eigenvalue weighted by Gasteiger charge is -2.06. The van der Waals surface area contributed by atoms with Gasteiger partial charge in [-0.2, -0.15) is 0 Å². The molecule has 1 amide bonds. The Morgan fingerprint density at radius 3 is 1.77 bits per heavy atom. The van der Waals surface area contributed by atoms with E-state index in [4.69, 9.17) is 15.1 Å². The van der Waals surface area contributed by atoms with Crippen molar-refractivity contribution in [3.05, 3.63) is 66.2 Å². The highest BCUT2D eigenvalue weighted by Gasteiger charge is 2.24. The van der Waals surface area contributed by atoms with Crippen LogP contribution < -0.4 is 5.73 Å². The average molecular weight is 322 g/mol. The molecule has 0 radical (unpaired) electrons. The Bertz CT molecular complexity index is 739. The van der Waals surface area contributed by atoms with E-state index in [1.165, 1.54) is 12.1 Å².